The normalized spacial score (nSPS) is 15.9. The molecule has 0 saturated carbocycles. The number of aromatic amines is 1. The Kier molecular flexibility index (Phi) is 5.41. The van der Waals surface area contributed by atoms with Gasteiger partial charge in [-0.1, -0.05) is 18.2 Å². The van der Waals surface area contributed by atoms with Crippen molar-refractivity contribution in [2.24, 2.45) is 5.92 Å². The van der Waals surface area contributed by atoms with E-state index in [2.05, 4.69) is 25.2 Å². The fourth-order valence-electron chi connectivity index (χ4n) is 3.84. The number of carboxylic acids is 1. The van der Waals surface area contributed by atoms with Gasteiger partial charge in [0.05, 0.1) is 6.20 Å². The Labute approximate surface area is 168 Å². The van der Waals surface area contributed by atoms with E-state index < -0.39 is 12.0 Å². The minimum absolute atomic E-state index is 0.198. The van der Waals surface area contributed by atoms with Crippen LogP contribution in [0.4, 0.5) is 5.82 Å². The molecule has 0 bridgehead atoms. The van der Waals surface area contributed by atoms with Crippen LogP contribution in [0.3, 0.4) is 0 Å². The molecule has 3 aromatic rings. The zero-order valence-electron chi connectivity index (χ0n) is 15.9. The van der Waals surface area contributed by atoms with E-state index in [9.17, 15) is 14.7 Å². The number of rotatable bonds is 6. The first-order valence-electron chi connectivity index (χ1n) is 9.71. The second-order valence-corrected chi connectivity index (χ2v) is 7.29. The first kappa shape index (κ1) is 18.9. The Bertz CT molecular complexity index is 996. The molecule has 8 heteroatoms. The van der Waals surface area contributed by atoms with Gasteiger partial charge in [-0.2, -0.15) is 0 Å². The lowest BCUT2D eigenvalue weighted by atomic mass is 9.95. The number of piperidine rings is 1. The van der Waals surface area contributed by atoms with Crippen LogP contribution in [-0.4, -0.2) is 51.1 Å². The molecule has 1 fully saturated rings. The number of anilines is 1. The van der Waals surface area contributed by atoms with Crippen molar-refractivity contribution in [1.82, 2.24) is 20.3 Å². The summed E-state index contributed by atoms with van der Waals surface area (Å²) in [6.07, 6.45) is 8.35. The fraction of sp³-hybridized carbons (Fsp3) is 0.333. The molecule has 1 aromatic carbocycles. The van der Waals surface area contributed by atoms with E-state index >= 15 is 0 Å². The predicted octanol–water partition coefficient (Wildman–Crippen LogP) is 1.99. The van der Waals surface area contributed by atoms with E-state index in [-0.39, 0.29) is 18.2 Å². The number of carboxylic acid groups (broad SMARTS) is 1. The number of H-pyrrole nitrogens is 1. The van der Waals surface area contributed by atoms with E-state index in [0.717, 1.165) is 22.3 Å². The molecule has 1 atom stereocenters. The highest BCUT2D eigenvalue weighted by Gasteiger charge is 2.29. The van der Waals surface area contributed by atoms with Gasteiger partial charge in [-0.25, -0.2) is 9.78 Å². The number of benzene rings is 1. The molecule has 3 N–H and O–H groups in total. The molecular formula is C21H23N5O3. The zero-order valence-corrected chi connectivity index (χ0v) is 15.9. The van der Waals surface area contributed by atoms with Crippen LogP contribution in [0.5, 0.6) is 0 Å². The van der Waals surface area contributed by atoms with Crippen molar-refractivity contribution in [1.29, 1.82) is 0 Å². The van der Waals surface area contributed by atoms with Crippen LogP contribution in [0.15, 0.2) is 49.1 Å². The highest BCUT2D eigenvalue weighted by Crippen LogP contribution is 2.22. The Morgan fingerprint density at radius 2 is 2.03 bits per heavy atom. The largest absolute Gasteiger partial charge is 0.480 e. The van der Waals surface area contributed by atoms with E-state index in [1.807, 2.05) is 30.5 Å². The van der Waals surface area contributed by atoms with Crippen LogP contribution in [0.25, 0.3) is 10.9 Å². The van der Waals surface area contributed by atoms with E-state index in [1.165, 1.54) is 0 Å². The number of nitrogens with one attached hydrogen (secondary N) is 2. The van der Waals surface area contributed by atoms with Crippen LogP contribution in [0.2, 0.25) is 0 Å². The maximum atomic E-state index is 12.7. The molecule has 1 aliphatic rings. The van der Waals surface area contributed by atoms with E-state index in [1.54, 1.807) is 18.6 Å². The van der Waals surface area contributed by atoms with E-state index in [4.69, 9.17) is 0 Å². The average Bonchev–Trinajstić information content (AvgIpc) is 3.17. The van der Waals surface area contributed by atoms with Gasteiger partial charge in [-0.15, -0.1) is 0 Å². The number of para-hydroxylation sites is 1. The maximum absolute atomic E-state index is 12.7. The third-order valence-electron chi connectivity index (χ3n) is 5.45. The summed E-state index contributed by atoms with van der Waals surface area (Å²) < 4.78 is 0. The van der Waals surface area contributed by atoms with Crippen molar-refractivity contribution in [3.63, 3.8) is 0 Å². The van der Waals surface area contributed by atoms with Crippen LogP contribution < -0.4 is 10.2 Å². The molecule has 3 heterocycles. The lowest BCUT2D eigenvalue weighted by Gasteiger charge is -2.32. The molecule has 0 radical (unpaired) electrons. The van der Waals surface area contributed by atoms with Crippen LogP contribution in [-0.2, 0) is 16.0 Å². The van der Waals surface area contributed by atoms with Gasteiger partial charge in [0, 0.05) is 54.9 Å². The summed E-state index contributed by atoms with van der Waals surface area (Å²) >= 11 is 0. The number of amides is 1. The molecule has 1 unspecified atom stereocenters. The topological polar surface area (TPSA) is 111 Å². The average molecular weight is 393 g/mol. The molecule has 1 saturated heterocycles. The second-order valence-electron chi connectivity index (χ2n) is 7.29. The molecule has 0 spiro atoms. The van der Waals surface area contributed by atoms with Gasteiger partial charge >= 0.3 is 5.97 Å². The fourth-order valence-corrected chi connectivity index (χ4v) is 3.84. The first-order valence-corrected chi connectivity index (χ1v) is 9.71. The second kappa shape index (κ2) is 8.30. The SMILES string of the molecule is O=C(NC(Cc1c[nH]c2ccccc12)C(=O)O)C1CCN(c2cnccn2)CC1. The summed E-state index contributed by atoms with van der Waals surface area (Å²) in [6.45, 7) is 1.38. The van der Waals surface area contributed by atoms with Crippen molar-refractivity contribution < 1.29 is 14.7 Å². The molecule has 0 aliphatic carbocycles. The minimum atomic E-state index is -1.03. The maximum Gasteiger partial charge on any atom is 0.326 e. The lowest BCUT2D eigenvalue weighted by molar-refractivity contribution is -0.142. The van der Waals surface area contributed by atoms with Crippen molar-refractivity contribution in [2.45, 2.75) is 25.3 Å². The molecule has 150 valence electrons. The first-order chi connectivity index (χ1) is 14.1. The van der Waals surface area contributed by atoms with Gasteiger partial charge in [0.2, 0.25) is 5.91 Å². The Morgan fingerprint density at radius 3 is 2.76 bits per heavy atom. The summed E-state index contributed by atoms with van der Waals surface area (Å²) in [5, 5.41) is 13.4. The zero-order chi connectivity index (χ0) is 20.2. The number of aromatic nitrogens is 3. The molecule has 2 aromatic heterocycles. The number of hydrogen-bond donors (Lipinski definition) is 3. The van der Waals surface area contributed by atoms with Crippen molar-refractivity contribution >= 4 is 28.6 Å². The summed E-state index contributed by atoms with van der Waals surface area (Å²) in [6, 6.07) is 6.77. The van der Waals surface area contributed by atoms with Gasteiger partial charge in [0.1, 0.15) is 11.9 Å². The van der Waals surface area contributed by atoms with Gasteiger partial charge < -0.3 is 20.3 Å². The third kappa shape index (κ3) is 4.21. The smallest absolute Gasteiger partial charge is 0.326 e. The number of carbonyl (C=O) groups excluding carboxylic acids is 1. The van der Waals surface area contributed by atoms with Crippen molar-refractivity contribution in [3.8, 4) is 0 Å². The van der Waals surface area contributed by atoms with Crippen molar-refractivity contribution in [2.75, 3.05) is 18.0 Å². The standard InChI is InChI=1S/C21H23N5O3/c27-20(14-5-9-26(10-6-14)19-13-22-7-8-23-19)25-18(21(28)29)11-15-12-24-17-4-2-1-3-16(15)17/h1-4,7-8,12-14,18,24H,5-6,9-11H2,(H,25,27)(H,28,29). The highest BCUT2D eigenvalue weighted by atomic mass is 16.4. The predicted molar refractivity (Wildman–Crippen MR) is 109 cm³/mol. The molecule has 8 nitrogen and oxygen atoms in total. The van der Waals surface area contributed by atoms with Crippen LogP contribution in [0.1, 0.15) is 18.4 Å². The van der Waals surface area contributed by atoms with Gasteiger partial charge in [-0.05, 0) is 24.5 Å². The summed E-state index contributed by atoms with van der Waals surface area (Å²) in [4.78, 5) is 38.1. The number of fused-ring (bicyclic) bond motifs is 1. The summed E-state index contributed by atoms with van der Waals surface area (Å²) in [5.41, 5.74) is 1.83. The molecule has 1 aliphatic heterocycles. The number of carbonyl (C=O) groups is 2. The van der Waals surface area contributed by atoms with Crippen LogP contribution >= 0.6 is 0 Å². The van der Waals surface area contributed by atoms with Crippen LogP contribution in [0, 0.1) is 5.92 Å². The minimum Gasteiger partial charge on any atom is -0.480 e. The van der Waals surface area contributed by atoms with Crippen molar-refractivity contribution in [3.05, 3.63) is 54.6 Å². The van der Waals surface area contributed by atoms with Gasteiger partial charge in [0.25, 0.3) is 0 Å². The van der Waals surface area contributed by atoms with Gasteiger partial charge in [-0.3, -0.25) is 9.78 Å². The summed E-state index contributed by atoms with van der Waals surface area (Å²) in [7, 11) is 0. The van der Waals surface area contributed by atoms with Gasteiger partial charge in [0.15, 0.2) is 0 Å². The molecule has 4 rings (SSSR count). The summed E-state index contributed by atoms with van der Waals surface area (Å²) in [5.74, 6) is -0.626. The molecule has 1 amide bonds. The lowest BCUT2D eigenvalue weighted by Crippen LogP contribution is -2.47. The third-order valence-corrected chi connectivity index (χ3v) is 5.45. The quantitative estimate of drug-likeness (QED) is 0.591. The Morgan fingerprint density at radius 1 is 1.24 bits per heavy atom. The number of hydrogen-bond acceptors (Lipinski definition) is 5. The molecule has 29 heavy (non-hydrogen) atoms. The molecular weight excluding hydrogens is 370 g/mol. The van der Waals surface area contributed by atoms with E-state index in [0.29, 0.717) is 25.9 Å². The monoisotopic (exact) mass is 393 g/mol. The number of nitrogens with zero attached hydrogens (tertiary/aromatic N) is 3. The Balaban J connectivity index is 1.37. The number of aliphatic carboxylic acids is 1. The highest BCUT2D eigenvalue weighted by molar-refractivity contribution is 5.87. The Hall–Kier alpha value is -3.42.